The number of nitrogens with zero attached hydrogens (tertiary/aromatic N) is 3. The number of aryl methyl sites for hydroxylation is 1. The number of amides is 1. The monoisotopic (exact) mass is 394 g/mol. The molecule has 5 atom stereocenters. The summed E-state index contributed by atoms with van der Waals surface area (Å²) in [6.07, 6.45) is 7.16. The molecule has 1 aromatic carbocycles. The number of rotatable bonds is 5. The average molecular weight is 395 g/mol. The predicted molar refractivity (Wildman–Crippen MR) is 109 cm³/mol. The minimum Gasteiger partial charge on any atom is -0.373 e. The molecule has 3 fully saturated rings. The molecule has 29 heavy (non-hydrogen) atoms. The van der Waals surface area contributed by atoms with Gasteiger partial charge in [-0.15, -0.1) is 0 Å². The van der Waals surface area contributed by atoms with Gasteiger partial charge in [-0.25, -0.2) is 4.98 Å². The van der Waals surface area contributed by atoms with Gasteiger partial charge in [-0.05, 0) is 47.5 Å². The molecule has 5 rings (SSSR count). The Kier molecular flexibility index (Phi) is 4.50. The quantitative estimate of drug-likeness (QED) is 0.844. The molecule has 1 unspecified atom stereocenters. The van der Waals surface area contributed by atoms with Crippen molar-refractivity contribution in [2.75, 3.05) is 6.61 Å². The van der Waals surface area contributed by atoms with Crippen molar-refractivity contribution in [3.8, 4) is 0 Å². The number of nitrogens with one attached hydrogen (secondary N) is 1. The summed E-state index contributed by atoms with van der Waals surface area (Å²) < 4.78 is 8.03. The molecule has 1 aliphatic heterocycles. The molecule has 2 heterocycles. The molecule has 1 amide bonds. The maximum absolute atomic E-state index is 12.9. The Balaban J connectivity index is 1.37. The van der Waals surface area contributed by atoms with Crippen LogP contribution in [0.4, 0.5) is 0 Å². The molecule has 1 spiro atoms. The highest BCUT2D eigenvalue weighted by Crippen LogP contribution is 2.70. The lowest BCUT2D eigenvalue weighted by atomic mass is 9.59. The van der Waals surface area contributed by atoms with Crippen LogP contribution in [0.5, 0.6) is 0 Å². The van der Waals surface area contributed by atoms with E-state index < -0.39 is 0 Å². The topological polar surface area (TPSA) is 69.0 Å². The molecule has 2 aromatic rings. The van der Waals surface area contributed by atoms with Gasteiger partial charge in [-0.1, -0.05) is 44.2 Å². The summed E-state index contributed by atoms with van der Waals surface area (Å²) in [6.45, 7) is 6.02. The van der Waals surface area contributed by atoms with Gasteiger partial charge in [0.25, 0.3) is 0 Å². The number of fused-ring (bicyclic) bond motifs is 1. The first kappa shape index (κ1) is 18.8. The second-order valence-electron chi connectivity index (χ2n) is 9.66. The van der Waals surface area contributed by atoms with E-state index >= 15 is 0 Å². The Morgan fingerprint density at radius 1 is 1.31 bits per heavy atom. The minimum atomic E-state index is 0.109. The van der Waals surface area contributed by atoms with Gasteiger partial charge in [0, 0.05) is 19.1 Å². The Hall–Kier alpha value is -2.21. The fourth-order valence-electron chi connectivity index (χ4n) is 6.56. The van der Waals surface area contributed by atoms with Gasteiger partial charge >= 0.3 is 0 Å². The van der Waals surface area contributed by atoms with Crippen molar-refractivity contribution in [2.45, 2.75) is 58.2 Å². The van der Waals surface area contributed by atoms with Crippen molar-refractivity contribution in [2.24, 2.45) is 22.7 Å². The molecule has 1 aromatic heterocycles. The molecule has 154 valence electrons. The van der Waals surface area contributed by atoms with Crippen LogP contribution >= 0.6 is 0 Å². The highest BCUT2D eigenvalue weighted by molar-refractivity contribution is 5.76. The number of benzene rings is 1. The zero-order valence-corrected chi connectivity index (χ0v) is 17.3. The zero-order valence-electron chi connectivity index (χ0n) is 17.3. The van der Waals surface area contributed by atoms with Crippen LogP contribution in [0.15, 0.2) is 43.0 Å². The summed E-state index contributed by atoms with van der Waals surface area (Å²) in [5.74, 6) is 1.21. The van der Waals surface area contributed by atoms with Crippen molar-refractivity contribution in [3.63, 3.8) is 0 Å². The first-order valence-electron chi connectivity index (χ1n) is 10.8. The van der Waals surface area contributed by atoms with Gasteiger partial charge in [0.15, 0.2) is 0 Å². The molecule has 2 saturated carbocycles. The number of carbonyl (C=O) groups excluding carboxylic acids is 1. The largest absolute Gasteiger partial charge is 0.373 e. The fraction of sp³-hybridized carbons (Fsp3) is 0.609. The second kappa shape index (κ2) is 6.94. The van der Waals surface area contributed by atoms with Crippen molar-refractivity contribution in [3.05, 3.63) is 48.5 Å². The Labute approximate surface area is 172 Å². The third kappa shape index (κ3) is 3.00. The van der Waals surface area contributed by atoms with Crippen LogP contribution in [0.1, 0.15) is 51.2 Å². The first-order chi connectivity index (χ1) is 14.0. The lowest BCUT2D eigenvalue weighted by molar-refractivity contribution is -0.137. The van der Waals surface area contributed by atoms with E-state index in [1.807, 2.05) is 0 Å². The zero-order chi connectivity index (χ0) is 20.1. The summed E-state index contributed by atoms with van der Waals surface area (Å²) >= 11 is 0. The van der Waals surface area contributed by atoms with E-state index in [0.717, 1.165) is 13.0 Å². The van der Waals surface area contributed by atoms with Gasteiger partial charge in [-0.3, -0.25) is 9.48 Å². The number of ether oxygens (including phenoxy) is 1. The van der Waals surface area contributed by atoms with Crippen LogP contribution in [0.25, 0.3) is 0 Å². The predicted octanol–water partition coefficient (Wildman–Crippen LogP) is 3.37. The van der Waals surface area contributed by atoms with E-state index in [4.69, 9.17) is 4.74 Å². The standard InChI is InChI=1S/C23H30N4O2/c1-22(2)17-12-18-20(16-6-4-3-5-7-16)29-11-9-23(18,13-17)21(22)26-19(28)8-10-27-15-24-14-25-27/h3-7,14-15,17-18,20-21H,8-13H2,1-2H3,(H,26,28)/t17-,18-,20-,21+,23?/m1/s1. The van der Waals surface area contributed by atoms with Gasteiger partial charge in [0.05, 0.1) is 12.6 Å². The summed E-state index contributed by atoms with van der Waals surface area (Å²) in [5, 5.41) is 7.57. The van der Waals surface area contributed by atoms with Crippen molar-refractivity contribution in [1.29, 1.82) is 0 Å². The Bertz CT molecular complexity index is 866. The number of hydrogen-bond acceptors (Lipinski definition) is 4. The average Bonchev–Trinajstić information content (AvgIpc) is 3.42. The molecule has 0 radical (unpaired) electrons. The van der Waals surface area contributed by atoms with E-state index in [2.05, 4.69) is 59.6 Å². The normalized spacial score (nSPS) is 34.7. The van der Waals surface area contributed by atoms with Crippen LogP contribution in [-0.4, -0.2) is 33.3 Å². The van der Waals surface area contributed by atoms with Crippen LogP contribution in [0, 0.1) is 22.7 Å². The van der Waals surface area contributed by atoms with Crippen molar-refractivity contribution < 1.29 is 9.53 Å². The van der Waals surface area contributed by atoms with Crippen LogP contribution in [0.3, 0.4) is 0 Å². The number of aromatic nitrogens is 3. The molecule has 1 N–H and O–H groups in total. The van der Waals surface area contributed by atoms with E-state index in [9.17, 15) is 4.79 Å². The van der Waals surface area contributed by atoms with Crippen LogP contribution < -0.4 is 5.32 Å². The smallest absolute Gasteiger partial charge is 0.222 e. The van der Waals surface area contributed by atoms with Crippen molar-refractivity contribution in [1.82, 2.24) is 20.1 Å². The molecule has 2 bridgehead atoms. The van der Waals surface area contributed by atoms with Gasteiger partial charge in [-0.2, -0.15) is 5.10 Å². The maximum atomic E-state index is 12.9. The van der Waals surface area contributed by atoms with E-state index in [1.54, 1.807) is 11.0 Å². The molecule has 3 aliphatic rings. The third-order valence-corrected chi connectivity index (χ3v) is 7.97. The van der Waals surface area contributed by atoms with Crippen LogP contribution in [0.2, 0.25) is 0 Å². The Morgan fingerprint density at radius 3 is 2.90 bits per heavy atom. The van der Waals surface area contributed by atoms with Crippen LogP contribution in [-0.2, 0) is 16.1 Å². The number of carbonyl (C=O) groups is 1. The summed E-state index contributed by atoms with van der Waals surface area (Å²) in [6, 6.07) is 10.8. The molecular weight excluding hydrogens is 364 g/mol. The minimum absolute atomic E-state index is 0.109. The summed E-state index contributed by atoms with van der Waals surface area (Å²) in [4.78, 5) is 16.8. The molecular formula is C23H30N4O2. The molecule has 1 saturated heterocycles. The lowest BCUT2D eigenvalue weighted by Gasteiger charge is -2.53. The lowest BCUT2D eigenvalue weighted by Crippen LogP contribution is -2.59. The first-order valence-corrected chi connectivity index (χ1v) is 10.8. The van der Waals surface area contributed by atoms with Gasteiger partial charge < -0.3 is 10.1 Å². The maximum Gasteiger partial charge on any atom is 0.222 e. The van der Waals surface area contributed by atoms with E-state index in [-0.39, 0.29) is 28.9 Å². The molecule has 2 aliphatic carbocycles. The summed E-state index contributed by atoms with van der Waals surface area (Å²) in [7, 11) is 0. The highest BCUT2D eigenvalue weighted by atomic mass is 16.5. The molecule has 6 heteroatoms. The fourth-order valence-corrected chi connectivity index (χ4v) is 6.56. The van der Waals surface area contributed by atoms with Gasteiger partial charge in [0.1, 0.15) is 12.7 Å². The SMILES string of the molecule is CC1(C)[C@@H]2C[C@@H]3[C@@H](c4ccccc4)OCCC3(C2)[C@H]1NC(=O)CCn1cncn1. The second-order valence-corrected chi connectivity index (χ2v) is 9.66. The molecule has 6 nitrogen and oxygen atoms in total. The van der Waals surface area contributed by atoms with Crippen molar-refractivity contribution >= 4 is 5.91 Å². The third-order valence-electron chi connectivity index (χ3n) is 7.97. The van der Waals surface area contributed by atoms with E-state index in [1.165, 1.54) is 24.7 Å². The highest BCUT2D eigenvalue weighted by Gasteiger charge is 2.68. The Morgan fingerprint density at radius 2 is 2.14 bits per heavy atom. The summed E-state index contributed by atoms with van der Waals surface area (Å²) in [5.41, 5.74) is 1.52. The number of hydrogen-bond donors (Lipinski definition) is 1. The van der Waals surface area contributed by atoms with E-state index in [0.29, 0.717) is 24.8 Å². The van der Waals surface area contributed by atoms with Gasteiger partial charge in [0.2, 0.25) is 5.91 Å².